The Balaban J connectivity index is 2.27. The van der Waals surface area contributed by atoms with Gasteiger partial charge in [-0.3, -0.25) is 9.78 Å². The summed E-state index contributed by atoms with van der Waals surface area (Å²) in [7, 11) is 1.43. The van der Waals surface area contributed by atoms with E-state index in [4.69, 9.17) is 9.47 Å². The van der Waals surface area contributed by atoms with Crippen molar-refractivity contribution in [2.45, 2.75) is 43.2 Å². The average molecular weight is 461 g/mol. The smallest absolute Gasteiger partial charge is 0.307 e. The molecule has 0 saturated carbocycles. The first-order valence-electron chi connectivity index (χ1n) is 8.67. The highest BCUT2D eigenvalue weighted by atomic mass is 127. The van der Waals surface area contributed by atoms with Gasteiger partial charge in [-0.15, -0.1) is 0 Å². The molecule has 1 N–H and O–H groups in total. The monoisotopic (exact) mass is 461 g/mol. The zero-order valence-corrected chi connectivity index (χ0v) is 17.6. The Kier molecular flexibility index (Phi) is 7.89. The average Bonchev–Trinajstić information content (AvgIpc) is 2.59. The molecule has 0 bridgehead atoms. The molecule has 2 rings (SSSR count). The molecule has 1 aromatic heterocycles. The molecule has 3 atom stereocenters. The van der Waals surface area contributed by atoms with Gasteiger partial charge in [0.1, 0.15) is 0 Å². The first-order valence-corrected chi connectivity index (χ1v) is 9.92. The van der Waals surface area contributed by atoms with Crippen molar-refractivity contribution in [3.05, 3.63) is 23.5 Å². The Morgan fingerprint density at radius 1 is 1.60 bits per heavy atom. The number of pyridine rings is 1. The Hall–Kier alpha value is -0.930. The number of rotatable bonds is 7. The Bertz CT molecular complexity index is 583. The minimum Gasteiger partial charge on any atom is -0.469 e. The quantitative estimate of drug-likeness (QED) is 0.383. The van der Waals surface area contributed by atoms with Crippen LogP contribution in [0.1, 0.15) is 37.6 Å². The van der Waals surface area contributed by atoms with E-state index in [1.54, 1.807) is 0 Å². The number of morpholine rings is 1. The van der Waals surface area contributed by atoms with Gasteiger partial charge in [0.15, 0.2) is 0 Å². The lowest BCUT2D eigenvalue weighted by Gasteiger charge is -2.36. The van der Waals surface area contributed by atoms with Crippen LogP contribution >= 0.6 is 22.6 Å². The molecular weight excluding hydrogens is 433 g/mol. The Morgan fingerprint density at radius 2 is 2.36 bits per heavy atom. The van der Waals surface area contributed by atoms with E-state index in [1.165, 1.54) is 7.11 Å². The van der Waals surface area contributed by atoms with Crippen LogP contribution in [0.2, 0.25) is 0 Å². The molecule has 1 saturated heterocycles. The number of aryl methyl sites for hydroxylation is 1. The summed E-state index contributed by atoms with van der Waals surface area (Å²) in [6, 6.07) is 2.36. The van der Waals surface area contributed by atoms with Gasteiger partial charge < -0.3 is 19.7 Å². The lowest BCUT2D eigenvalue weighted by atomic mass is 10.0. The number of esters is 1. The van der Waals surface area contributed by atoms with E-state index in [-0.39, 0.29) is 12.0 Å². The van der Waals surface area contributed by atoms with Gasteiger partial charge in [-0.25, -0.2) is 0 Å². The second-order valence-electron chi connectivity index (χ2n) is 6.51. The molecule has 0 radical (unpaired) electrons. The summed E-state index contributed by atoms with van der Waals surface area (Å²) in [5.74, 6) is -0.222. The van der Waals surface area contributed by atoms with Crippen molar-refractivity contribution >= 4 is 34.2 Å². The van der Waals surface area contributed by atoms with Crippen LogP contribution in [0.4, 0.5) is 5.69 Å². The molecular formula is C18H28IN3O3. The van der Waals surface area contributed by atoms with Crippen molar-refractivity contribution in [3.8, 4) is 0 Å². The summed E-state index contributed by atoms with van der Waals surface area (Å²) in [4.78, 5) is 18.8. The Morgan fingerprint density at radius 3 is 3.00 bits per heavy atom. The second kappa shape index (κ2) is 9.68. The lowest BCUT2D eigenvalue weighted by Crippen LogP contribution is -2.44. The zero-order chi connectivity index (χ0) is 18.4. The van der Waals surface area contributed by atoms with Crippen molar-refractivity contribution < 1.29 is 14.3 Å². The molecule has 0 amide bonds. The van der Waals surface area contributed by atoms with Crippen molar-refractivity contribution in [1.29, 1.82) is 0 Å². The predicted octanol–water partition coefficient (Wildman–Crippen LogP) is 2.63. The molecule has 1 aromatic rings. The van der Waals surface area contributed by atoms with Gasteiger partial charge in [0.05, 0.1) is 38.1 Å². The second-order valence-corrected chi connectivity index (χ2v) is 8.64. The van der Waals surface area contributed by atoms with Gasteiger partial charge in [-0.1, -0.05) is 29.5 Å². The summed E-state index contributed by atoms with van der Waals surface area (Å²) < 4.78 is 10.9. The number of carbonyl (C=O) groups is 1. The summed E-state index contributed by atoms with van der Waals surface area (Å²) in [5.41, 5.74) is 3.13. The van der Waals surface area contributed by atoms with Gasteiger partial charge in [0.25, 0.3) is 0 Å². The number of methoxy groups -OCH3 is 1. The zero-order valence-electron chi connectivity index (χ0n) is 15.4. The van der Waals surface area contributed by atoms with Crippen molar-refractivity contribution in [2.24, 2.45) is 0 Å². The van der Waals surface area contributed by atoms with E-state index >= 15 is 0 Å². The highest BCUT2D eigenvalue weighted by Crippen LogP contribution is 2.27. The number of carbonyl (C=O) groups excluding carboxylic acids is 1. The third kappa shape index (κ3) is 5.79. The Labute approximate surface area is 163 Å². The number of anilines is 1. The minimum absolute atomic E-state index is 0.104. The number of hydrogen-bond acceptors (Lipinski definition) is 6. The number of nitrogens with one attached hydrogen (secondary N) is 1. The van der Waals surface area contributed by atoms with Gasteiger partial charge in [0.2, 0.25) is 0 Å². The summed E-state index contributed by atoms with van der Waals surface area (Å²) >= 11 is 2.37. The third-order valence-corrected chi connectivity index (χ3v) is 4.85. The number of ether oxygens (including phenoxy) is 2. The van der Waals surface area contributed by atoms with Crippen molar-refractivity contribution in [2.75, 3.05) is 38.3 Å². The third-order valence-electron chi connectivity index (χ3n) is 4.40. The predicted molar refractivity (Wildman–Crippen MR) is 107 cm³/mol. The van der Waals surface area contributed by atoms with E-state index in [0.29, 0.717) is 16.4 Å². The first kappa shape index (κ1) is 20.4. The molecule has 0 aromatic carbocycles. The molecule has 25 heavy (non-hydrogen) atoms. The van der Waals surface area contributed by atoms with Crippen molar-refractivity contribution in [3.63, 3.8) is 0 Å². The molecule has 1 fully saturated rings. The van der Waals surface area contributed by atoms with Crippen LogP contribution in [0.15, 0.2) is 12.3 Å². The molecule has 2 unspecified atom stereocenters. The van der Waals surface area contributed by atoms with Crippen molar-refractivity contribution in [1.82, 2.24) is 10.3 Å². The van der Waals surface area contributed by atoms with E-state index in [9.17, 15) is 4.79 Å². The summed E-state index contributed by atoms with van der Waals surface area (Å²) in [5, 5.41) is 3.47. The van der Waals surface area contributed by atoms with Crippen LogP contribution in [0.25, 0.3) is 0 Å². The lowest BCUT2D eigenvalue weighted by molar-refractivity contribution is -0.141. The summed E-state index contributed by atoms with van der Waals surface area (Å²) in [6.07, 6.45) is 2.16. The number of halogens is 1. The molecule has 0 aliphatic carbocycles. The van der Waals surface area contributed by atoms with E-state index in [2.05, 4.69) is 57.7 Å². The van der Waals surface area contributed by atoms with E-state index < -0.39 is 0 Å². The minimum atomic E-state index is -0.222. The van der Waals surface area contributed by atoms with Crippen LogP contribution < -0.4 is 10.2 Å². The normalized spacial score (nSPS) is 20.2. The van der Waals surface area contributed by atoms with Crippen LogP contribution in [0, 0.1) is 6.92 Å². The van der Waals surface area contributed by atoms with Gasteiger partial charge in [-0.05, 0) is 25.5 Å². The fourth-order valence-corrected chi connectivity index (χ4v) is 3.22. The van der Waals surface area contributed by atoms with Gasteiger partial charge in [-0.2, -0.15) is 0 Å². The van der Waals surface area contributed by atoms with Crippen LogP contribution in [-0.2, 0) is 14.3 Å². The molecule has 7 heteroatoms. The molecule has 2 heterocycles. The first-order chi connectivity index (χ1) is 11.9. The molecule has 0 spiro atoms. The van der Waals surface area contributed by atoms with Gasteiger partial charge >= 0.3 is 5.97 Å². The van der Waals surface area contributed by atoms with E-state index in [0.717, 1.165) is 43.2 Å². The fraction of sp³-hybridized carbons (Fsp3) is 0.667. The SMILES string of the molecule is COC(=O)CC(NCC(C)I)c1cnc(C)c(N2CCOC[C@@H]2C)c1. The van der Waals surface area contributed by atoms with Crippen LogP contribution in [-0.4, -0.2) is 54.3 Å². The van der Waals surface area contributed by atoms with Gasteiger partial charge in [0, 0.05) is 35.3 Å². The molecule has 140 valence electrons. The topological polar surface area (TPSA) is 63.7 Å². The highest BCUT2D eigenvalue weighted by molar-refractivity contribution is 14.1. The number of alkyl halides is 1. The van der Waals surface area contributed by atoms with Crippen LogP contribution in [0.3, 0.4) is 0 Å². The largest absolute Gasteiger partial charge is 0.469 e. The molecule has 1 aliphatic heterocycles. The van der Waals surface area contributed by atoms with Crippen LogP contribution in [0.5, 0.6) is 0 Å². The molecule has 1 aliphatic rings. The summed E-state index contributed by atoms with van der Waals surface area (Å²) in [6.45, 7) is 9.44. The fourth-order valence-electron chi connectivity index (χ4n) is 2.97. The molecule has 6 nitrogen and oxygen atoms in total. The number of nitrogens with zero attached hydrogens (tertiary/aromatic N) is 2. The standard InChI is InChI=1S/C18H28IN3O3/c1-12(19)9-21-16(8-18(23)24-4)15-7-17(14(3)20-10-15)22-5-6-25-11-13(22)2/h7,10,12-13,16,21H,5-6,8-9,11H2,1-4H3/t12?,13-,16?/m0/s1. The highest BCUT2D eigenvalue weighted by Gasteiger charge is 2.23. The number of aromatic nitrogens is 1. The van der Waals surface area contributed by atoms with E-state index in [1.807, 2.05) is 13.1 Å². The number of hydrogen-bond donors (Lipinski definition) is 1. The maximum atomic E-state index is 11.8. The maximum absolute atomic E-state index is 11.8. The maximum Gasteiger partial charge on any atom is 0.307 e.